The summed E-state index contributed by atoms with van der Waals surface area (Å²) >= 11 is 0. The first-order valence-electron chi connectivity index (χ1n) is 11.3. The highest BCUT2D eigenvalue weighted by molar-refractivity contribution is 5.85. The molecule has 3 aliphatic rings. The normalized spacial score (nSPS) is 33.0. The van der Waals surface area contributed by atoms with Crippen LogP contribution in [-0.2, 0) is 25.6 Å². The van der Waals surface area contributed by atoms with E-state index in [0.717, 1.165) is 32.1 Å². The molecule has 3 fully saturated rings. The molecule has 1 saturated heterocycles. The van der Waals surface area contributed by atoms with Gasteiger partial charge in [-0.25, -0.2) is 0 Å². The van der Waals surface area contributed by atoms with Gasteiger partial charge in [-0.05, 0) is 36.7 Å². The van der Waals surface area contributed by atoms with Gasteiger partial charge in [-0.2, -0.15) is 0 Å². The molecule has 0 unspecified atom stereocenters. The summed E-state index contributed by atoms with van der Waals surface area (Å²) in [6, 6.07) is 10.3. The number of fused-ring (bicyclic) bond motifs is 1. The molecule has 3 atom stereocenters. The number of rotatable bonds is 6. The third-order valence-electron chi connectivity index (χ3n) is 7.62. The first-order chi connectivity index (χ1) is 13.9. The van der Waals surface area contributed by atoms with E-state index in [4.69, 9.17) is 14.2 Å². The Balaban J connectivity index is 1.50. The van der Waals surface area contributed by atoms with Crippen molar-refractivity contribution in [3.05, 3.63) is 35.9 Å². The Bertz CT molecular complexity index is 703. The molecule has 2 saturated carbocycles. The molecule has 0 N–H and O–H groups in total. The fourth-order valence-corrected chi connectivity index (χ4v) is 5.83. The molecule has 1 aromatic rings. The average Bonchev–Trinajstić information content (AvgIpc) is 3.07. The molecule has 4 heteroatoms. The van der Waals surface area contributed by atoms with E-state index in [1.165, 1.54) is 5.56 Å². The van der Waals surface area contributed by atoms with Crippen molar-refractivity contribution in [2.24, 2.45) is 22.7 Å². The van der Waals surface area contributed by atoms with Gasteiger partial charge in [-0.15, -0.1) is 0 Å². The maximum Gasteiger partial charge on any atom is 0.171 e. The third kappa shape index (κ3) is 4.04. The number of benzene rings is 1. The van der Waals surface area contributed by atoms with Crippen LogP contribution in [0.4, 0.5) is 0 Å². The van der Waals surface area contributed by atoms with Crippen LogP contribution in [0.25, 0.3) is 0 Å². The molecule has 0 amide bonds. The van der Waals surface area contributed by atoms with Crippen molar-refractivity contribution >= 4 is 5.78 Å². The zero-order valence-corrected chi connectivity index (χ0v) is 18.2. The molecule has 1 aliphatic heterocycles. The monoisotopic (exact) mass is 400 g/mol. The zero-order valence-electron chi connectivity index (χ0n) is 18.2. The Morgan fingerprint density at radius 3 is 2.48 bits per heavy atom. The number of carbonyl (C=O) groups excluding carboxylic acids is 1. The highest BCUT2D eigenvalue weighted by Gasteiger charge is 2.62. The predicted octanol–water partition coefficient (Wildman–Crippen LogP) is 5.15. The average molecular weight is 401 g/mol. The van der Waals surface area contributed by atoms with Crippen LogP contribution in [0.3, 0.4) is 0 Å². The molecule has 1 spiro atoms. The quantitative estimate of drug-likeness (QED) is 0.620. The molecule has 29 heavy (non-hydrogen) atoms. The van der Waals surface area contributed by atoms with Gasteiger partial charge in [-0.3, -0.25) is 4.79 Å². The molecule has 1 aromatic carbocycles. The number of carbonyl (C=O) groups is 1. The summed E-state index contributed by atoms with van der Waals surface area (Å²) in [7, 11) is 0. The van der Waals surface area contributed by atoms with E-state index in [9.17, 15) is 4.79 Å². The standard InChI is InChI=1S/C25H36O4/c1-4-24-12-10-21(26)22(24)20(11-15-27-16-19-8-6-5-7-9-19)25(14-13-24)28-17-23(2,3)18-29-25/h5-9,20,22H,4,10-18H2,1-3H3/t20-,22+,24+/m0/s1. The van der Waals surface area contributed by atoms with Crippen LogP contribution in [0.15, 0.2) is 30.3 Å². The van der Waals surface area contributed by atoms with Gasteiger partial charge in [-0.1, -0.05) is 51.1 Å². The van der Waals surface area contributed by atoms with Gasteiger partial charge < -0.3 is 14.2 Å². The van der Waals surface area contributed by atoms with Crippen molar-refractivity contribution in [2.45, 2.75) is 71.7 Å². The second-order valence-corrected chi connectivity index (χ2v) is 10.1. The summed E-state index contributed by atoms with van der Waals surface area (Å²) in [6.45, 7) is 9.21. The lowest BCUT2D eigenvalue weighted by Gasteiger charge is -2.56. The summed E-state index contributed by atoms with van der Waals surface area (Å²) in [5, 5.41) is 0. The number of ether oxygens (including phenoxy) is 3. The lowest BCUT2D eigenvalue weighted by atomic mass is 9.58. The molecule has 4 rings (SSSR count). The molecule has 0 bridgehead atoms. The van der Waals surface area contributed by atoms with Gasteiger partial charge in [0.25, 0.3) is 0 Å². The van der Waals surface area contributed by atoms with Crippen LogP contribution in [0.2, 0.25) is 0 Å². The van der Waals surface area contributed by atoms with Crippen LogP contribution in [0, 0.1) is 22.7 Å². The zero-order chi connectivity index (χ0) is 20.5. The van der Waals surface area contributed by atoms with Gasteiger partial charge in [0.2, 0.25) is 0 Å². The second-order valence-electron chi connectivity index (χ2n) is 10.1. The van der Waals surface area contributed by atoms with Crippen molar-refractivity contribution in [3.8, 4) is 0 Å². The molecular weight excluding hydrogens is 364 g/mol. The number of hydrogen-bond acceptors (Lipinski definition) is 4. The van der Waals surface area contributed by atoms with Crippen molar-refractivity contribution in [1.82, 2.24) is 0 Å². The minimum atomic E-state index is -0.616. The summed E-state index contributed by atoms with van der Waals surface area (Å²) in [5.41, 5.74) is 1.34. The van der Waals surface area contributed by atoms with Gasteiger partial charge in [0.05, 0.1) is 19.8 Å². The summed E-state index contributed by atoms with van der Waals surface area (Å²) in [4.78, 5) is 13.0. The number of Topliss-reactive ketones (excluding diaryl/α,β-unsaturated/α-hetero) is 1. The van der Waals surface area contributed by atoms with Crippen molar-refractivity contribution in [1.29, 1.82) is 0 Å². The first-order valence-corrected chi connectivity index (χ1v) is 11.3. The van der Waals surface area contributed by atoms with E-state index in [1.807, 2.05) is 18.2 Å². The van der Waals surface area contributed by atoms with Gasteiger partial charge in [0, 0.05) is 36.7 Å². The molecule has 2 aliphatic carbocycles. The van der Waals surface area contributed by atoms with Crippen LogP contribution in [0.1, 0.15) is 64.9 Å². The Kier molecular flexibility index (Phi) is 5.89. The van der Waals surface area contributed by atoms with Gasteiger partial charge in [0.1, 0.15) is 5.78 Å². The summed E-state index contributed by atoms with van der Waals surface area (Å²) < 4.78 is 19.0. The minimum Gasteiger partial charge on any atom is -0.377 e. The summed E-state index contributed by atoms with van der Waals surface area (Å²) in [5.74, 6) is -0.0773. The largest absolute Gasteiger partial charge is 0.377 e. The molecular formula is C25H36O4. The van der Waals surface area contributed by atoms with Crippen molar-refractivity contribution in [2.75, 3.05) is 19.8 Å². The van der Waals surface area contributed by atoms with E-state index in [1.54, 1.807) is 0 Å². The van der Waals surface area contributed by atoms with E-state index < -0.39 is 5.79 Å². The maximum absolute atomic E-state index is 13.0. The van der Waals surface area contributed by atoms with Gasteiger partial charge in [0.15, 0.2) is 5.79 Å². The van der Waals surface area contributed by atoms with E-state index in [-0.39, 0.29) is 22.7 Å². The van der Waals surface area contributed by atoms with Crippen molar-refractivity contribution in [3.63, 3.8) is 0 Å². The Hall–Kier alpha value is -1.23. The third-order valence-corrected chi connectivity index (χ3v) is 7.62. The SMILES string of the molecule is CC[C@]12CCC(=O)[C@H]1[C@H](CCOCc1ccccc1)C1(CC2)OCC(C)(C)CO1. The molecule has 1 heterocycles. The molecule has 4 nitrogen and oxygen atoms in total. The predicted molar refractivity (Wildman–Crippen MR) is 112 cm³/mol. The Morgan fingerprint density at radius 2 is 1.79 bits per heavy atom. The fraction of sp³-hybridized carbons (Fsp3) is 0.720. The minimum absolute atomic E-state index is 0.0264. The second kappa shape index (κ2) is 8.13. The highest BCUT2D eigenvalue weighted by Crippen LogP contribution is 2.60. The molecule has 0 aromatic heterocycles. The van der Waals surface area contributed by atoms with E-state index in [2.05, 4.69) is 32.9 Å². The first kappa shape index (κ1) is 21.0. The van der Waals surface area contributed by atoms with Crippen LogP contribution in [-0.4, -0.2) is 31.4 Å². The number of hydrogen-bond donors (Lipinski definition) is 0. The maximum atomic E-state index is 13.0. The molecule has 160 valence electrons. The summed E-state index contributed by atoms with van der Waals surface area (Å²) in [6.07, 6.45) is 5.53. The Labute approximate surface area is 175 Å². The Morgan fingerprint density at radius 1 is 1.07 bits per heavy atom. The van der Waals surface area contributed by atoms with Crippen LogP contribution >= 0.6 is 0 Å². The highest BCUT2D eigenvalue weighted by atomic mass is 16.7. The fourth-order valence-electron chi connectivity index (χ4n) is 5.83. The number of ketones is 1. The lowest BCUT2D eigenvalue weighted by molar-refractivity contribution is -0.347. The molecule has 0 radical (unpaired) electrons. The smallest absolute Gasteiger partial charge is 0.171 e. The van der Waals surface area contributed by atoms with Gasteiger partial charge >= 0.3 is 0 Å². The topological polar surface area (TPSA) is 44.8 Å². The van der Waals surface area contributed by atoms with E-state index in [0.29, 0.717) is 38.6 Å². The van der Waals surface area contributed by atoms with Crippen molar-refractivity contribution < 1.29 is 19.0 Å². The van der Waals surface area contributed by atoms with Crippen LogP contribution < -0.4 is 0 Å². The lowest BCUT2D eigenvalue weighted by Crippen LogP contribution is -2.60. The van der Waals surface area contributed by atoms with E-state index >= 15 is 0 Å². The van der Waals surface area contributed by atoms with Crippen LogP contribution in [0.5, 0.6) is 0 Å².